The van der Waals surface area contributed by atoms with Gasteiger partial charge >= 0.3 is 0 Å². The van der Waals surface area contributed by atoms with Crippen molar-refractivity contribution in [1.82, 2.24) is 5.32 Å². The number of para-hydroxylation sites is 1. The van der Waals surface area contributed by atoms with Crippen LogP contribution in [0.15, 0.2) is 18.2 Å². The first-order valence-electron chi connectivity index (χ1n) is 6.56. The SMILES string of the molecule is Nc1c(Cl)cccc1C(=O)NCC1(O)CCCCC1. The van der Waals surface area contributed by atoms with Gasteiger partial charge in [0.1, 0.15) is 0 Å². The predicted molar refractivity (Wildman–Crippen MR) is 76.2 cm³/mol. The van der Waals surface area contributed by atoms with Gasteiger partial charge in [0.05, 0.1) is 21.9 Å². The van der Waals surface area contributed by atoms with Gasteiger partial charge in [0.25, 0.3) is 5.91 Å². The first-order valence-corrected chi connectivity index (χ1v) is 6.94. The molecule has 0 saturated heterocycles. The molecule has 0 aliphatic heterocycles. The lowest BCUT2D eigenvalue weighted by Crippen LogP contribution is -2.44. The molecule has 1 aromatic rings. The molecule has 0 atom stereocenters. The highest BCUT2D eigenvalue weighted by Crippen LogP contribution is 2.27. The summed E-state index contributed by atoms with van der Waals surface area (Å²) < 4.78 is 0. The van der Waals surface area contributed by atoms with Crippen molar-refractivity contribution in [3.05, 3.63) is 28.8 Å². The number of benzene rings is 1. The molecule has 1 fully saturated rings. The Balaban J connectivity index is 1.99. The van der Waals surface area contributed by atoms with Crippen molar-refractivity contribution in [2.24, 2.45) is 0 Å². The number of hydrogen-bond donors (Lipinski definition) is 3. The number of carbonyl (C=O) groups excluding carboxylic acids is 1. The highest BCUT2D eigenvalue weighted by atomic mass is 35.5. The number of amides is 1. The van der Waals surface area contributed by atoms with Crippen LogP contribution >= 0.6 is 11.6 Å². The minimum Gasteiger partial charge on any atom is -0.397 e. The van der Waals surface area contributed by atoms with Crippen molar-refractivity contribution >= 4 is 23.2 Å². The Morgan fingerprint density at radius 3 is 2.74 bits per heavy atom. The van der Waals surface area contributed by atoms with E-state index in [0.717, 1.165) is 32.1 Å². The van der Waals surface area contributed by atoms with E-state index in [1.807, 2.05) is 0 Å². The molecular weight excluding hydrogens is 264 g/mol. The number of nitrogens with one attached hydrogen (secondary N) is 1. The van der Waals surface area contributed by atoms with E-state index >= 15 is 0 Å². The van der Waals surface area contributed by atoms with Gasteiger partial charge < -0.3 is 16.2 Å². The van der Waals surface area contributed by atoms with Gasteiger partial charge in [-0.25, -0.2) is 0 Å². The monoisotopic (exact) mass is 282 g/mol. The third kappa shape index (κ3) is 3.39. The molecule has 2 rings (SSSR count). The zero-order chi connectivity index (χ0) is 13.9. The van der Waals surface area contributed by atoms with Crippen molar-refractivity contribution < 1.29 is 9.90 Å². The van der Waals surface area contributed by atoms with Gasteiger partial charge in [-0.15, -0.1) is 0 Å². The summed E-state index contributed by atoms with van der Waals surface area (Å²) in [5.74, 6) is -0.293. The van der Waals surface area contributed by atoms with Crippen LogP contribution in [0.25, 0.3) is 0 Å². The average Bonchev–Trinajstić information content (AvgIpc) is 2.40. The number of aliphatic hydroxyl groups is 1. The molecule has 1 amide bonds. The Kier molecular flexibility index (Phi) is 4.32. The molecule has 0 bridgehead atoms. The Hall–Kier alpha value is -1.26. The molecule has 1 aliphatic rings. The van der Waals surface area contributed by atoms with Gasteiger partial charge in [0.15, 0.2) is 0 Å². The van der Waals surface area contributed by atoms with Crippen LogP contribution in [0.1, 0.15) is 42.5 Å². The number of hydrogen-bond acceptors (Lipinski definition) is 3. The summed E-state index contributed by atoms with van der Waals surface area (Å²) in [4.78, 5) is 12.0. The lowest BCUT2D eigenvalue weighted by Gasteiger charge is -2.32. The number of nitrogens with two attached hydrogens (primary N) is 1. The van der Waals surface area contributed by atoms with E-state index in [-0.39, 0.29) is 18.1 Å². The summed E-state index contributed by atoms with van der Waals surface area (Å²) >= 11 is 5.88. The van der Waals surface area contributed by atoms with Gasteiger partial charge in [-0.05, 0) is 25.0 Å². The zero-order valence-electron chi connectivity index (χ0n) is 10.8. The summed E-state index contributed by atoms with van der Waals surface area (Å²) in [6.07, 6.45) is 4.63. The maximum absolute atomic E-state index is 12.0. The smallest absolute Gasteiger partial charge is 0.253 e. The summed E-state index contributed by atoms with van der Waals surface area (Å²) in [6.45, 7) is 0.262. The van der Waals surface area contributed by atoms with Crippen molar-refractivity contribution in [3.8, 4) is 0 Å². The second-order valence-electron chi connectivity index (χ2n) is 5.17. The molecular formula is C14H19ClN2O2. The Morgan fingerprint density at radius 2 is 2.05 bits per heavy atom. The van der Waals surface area contributed by atoms with E-state index in [9.17, 15) is 9.90 Å². The van der Waals surface area contributed by atoms with Crippen LogP contribution in [-0.4, -0.2) is 23.2 Å². The van der Waals surface area contributed by atoms with Crippen LogP contribution in [0.4, 0.5) is 5.69 Å². The topological polar surface area (TPSA) is 75.4 Å². The fourth-order valence-electron chi connectivity index (χ4n) is 2.46. The molecule has 4 N–H and O–H groups in total. The average molecular weight is 283 g/mol. The van der Waals surface area contributed by atoms with Gasteiger partial charge in [0.2, 0.25) is 0 Å². The Labute approximate surface area is 117 Å². The maximum Gasteiger partial charge on any atom is 0.253 e. The van der Waals surface area contributed by atoms with Gasteiger partial charge in [-0.3, -0.25) is 4.79 Å². The largest absolute Gasteiger partial charge is 0.397 e. The number of nitrogen functional groups attached to an aromatic ring is 1. The lowest BCUT2D eigenvalue weighted by atomic mass is 9.85. The van der Waals surface area contributed by atoms with Crippen molar-refractivity contribution in [2.75, 3.05) is 12.3 Å². The number of rotatable bonds is 3. The predicted octanol–water partition coefficient (Wildman–Crippen LogP) is 2.35. The van der Waals surface area contributed by atoms with Crippen LogP contribution in [-0.2, 0) is 0 Å². The van der Waals surface area contributed by atoms with E-state index in [0.29, 0.717) is 10.6 Å². The summed E-state index contributed by atoms with van der Waals surface area (Å²) in [6, 6.07) is 4.95. The molecule has 1 saturated carbocycles. The lowest BCUT2D eigenvalue weighted by molar-refractivity contribution is 0.00526. The third-order valence-electron chi connectivity index (χ3n) is 3.66. The minimum absolute atomic E-state index is 0.262. The number of carbonyl (C=O) groups is 1. The maximum atomic E-state index is 12.0. The second-order valence-corrected chi connectivity index (χ2v) is 5.58. The first-order chi connectivity index (χ1) is 9.02. The zero-order valence-corrected chi connectivity index (χ0v) is 11.5. The molecule has 0 spiro atoms. The van der Waals surface area contributed by atoms with Crippen molar-refractivity contribution in [2.45, 2.75) is 37.7 Å². The molecule has 0 heterocycles. The molecule has 0 unspecified atom stereocenters. The summed E-state index contributed by atoms with van der Waals surface area (Å²) in [7, 11) is 0. The number of halogens is 1. The summed E-state index contributed by atoms with van der Waals surface area (Å²) in [5.41, 5.74) is 5.62. The Bertz CT molecular complexity index is 471. The van der Waals surface area contributed by atoms with Gasteiger partial charge in [-0.2, -0.15) is 0 Å². The number of anilines is 1. The molecule has 0 radical (unpaired) electrons. The van der Waals surface area contributed by atoms with Gasteiger partial charge in [-0.1, -0.05) is 36.9 Å². The van der Waals surface area contributed by atoms with E-state index < -0.39 is 5.60 Å². The third-order valence-corrected chi connectivity index (χ3v) is 3.99. The van der Waals surface area contributed by atoms with Crippen LogP contribution in [0, 0.1) is 0 Å². The molecule has 1 aromatic carbocycles. The Morgan fingerprint density at radius 1 is 1.37 bits per heavy atom. The highest BCUT2D eigenvalue weighted by Gasteiger charge is 2.29. The normalized spacial score (nSPS) is 18.0. The van der Waals surface area contributed by atoms with E-state index in [2.05, 4.69) is 5.32 Å². The van der Waals surface area contributed by atoms with Crippen molar-refractivity contribution in [1.29, 1.82) is 0 Å². The fourth-order valence-corrected chi connectivity index (χ4v) is 2.64. The molecule has 5 heteroatoms. The van der Waals surface area contributed by atoms with Crippen LogP contribution in [0.3, 0.4) is 0 Å². The standard InChI is InChI=1S/C14H19ClN2O2/c15-11-6-4-5-10(12(11)16)13(18)17-9-14(19)7-2-1-3-8-14/h4-6,19H,1-3,7-9,16H2,(H,17,18). The minimum atomic E-state index is -0.777. The molecule has 19 heavy (non-hydrogen) atoms. The highest BCUT2D eigenvalue weighted by molar-refractivity contribution is 6.33. The van der Waals surface area contributed by atoms with Crippen LogP contribution in [0.2, 0.25) is 5.02 Å². The van der Waals surface area contributed by atoms with E-state index in [1.54, 1.807) is 18.2 Å². The molecule has 0 aromatic heterocycles. The molecule has 104 valence electrons. The summed E-state index contributed by atoms with van der Waals surface area (Å²) in [5, 5.41) is 13.4. The van der Waals surface area contributed by atoms with E-state index in [1.165, 1.54) is 0 Å². The van der Waals surface area contributed by atoms with Gasteiger partial charge in [0, 0.05) is 6.54 Å². The van der Waals surface area contributed by atoms with E-state index in [4.69, 9.17) is 17.3 Å². The van der Waals surface area contributed by atoms with Crippen LogP contribution < -0.4 is 11.1 Å². The van der Waals surface area contributed by atoms with Crippen molar-refractivity contribution in [3.63, 3.8) is 0 Å². The van der Waals surface area contributed by atoms with Crippen LogP contribution in [0.5, 0.6) is 0 Å². The quantitative estimate of drug-likeness (QED) is 0.745. The molecule has 1 aliphatic carbocycles. The first kappa shape index (κ1) is 14.2. The second kappa shape index (κ2) is 5.80. The molecule has 4 nitrogen and oxygen atoms in total. The fraction of sp³-hybridized carbons (Fsp3) is 0.500.